The number of urea groups is 1. The van der Waals surface area contributed by atoms with E-state index in [0.717, 1.165) is 17.4 Å². The molecular formula is C25H24F3N5O3. The molecule has 1 N–H and O–H groups in total. The molecule has 4 rings (SSSR count). The van der Waals surface area contributed by atoms with Crippen molar-refractivity contribution in [1.29, 1.82) is 0 Å². The number of rotatable bonds is 5. The lowest BCUT2D eigenvalue weighted by molar-refractivity contribution is -0.274. The molecule has 36 heavy (non-hydrogen) atoms. The Kier molecular flexibility index (Phi) is 7.28. The number of halogens is 3. The average Bonchev–Trinajstić information content (AvgIpc) is 2.89. The lowest BCUT2D eigenvalue weighted by Gasteiger charge is -2.35. The molecule has 1 aliphatic heterocycles. The van der Waals surface area contributed by atoms with Crippen LogP contribution in [0.5, 0.6) is 5.75 Å². The van der Waals surface area contributed by atoms with Crippen molar-refractivity contribution in [2.45, 2.75) is 6.36 Å². The third-order valence-corrected chi connectivity index (χ3v) is 5.76. The number of carbonyl (C=O) groups is 2. The number of para-hydroxylation sites is 2. The van der Waals surface area contributed by atoms with Crippen molar-refractivity contribution in [3.05, 3.63) is 78.6 Å². The topological polar surface area (TPSA) is 78.0 Å². The van der Waals surface area contributed by atoms with Crippen LogP contribution < -0.4 is 15.0 Å². The minimum Gasteiger partial charge on any atom is -0.404 e. The van der Waals surface area contributed by atoms with Gasteiger partial charge in [-0.2, -0.15) is 0 Å². The molecule has 3 aromatic rings. The van der Waals surface area contributed by atoms with E-state index in [4.69, 9.17) is 0 Å². The summed E-state index contributed by atoms with van der Waals surface area (Å²) in [7, 11) is 1.92. The van der Waals surface area contributed by atoms with E-state index in [2.05, 4.69) is 15.0 Å². The minimum atomic E-state index is -4.88. The first-order chi connectivity index (χ1) is 17.2. The van der Waals surface area contributed by atoms with Gasteiger partial charge in [0, 0.05) is 62.6 Å². The number of nitrogens with one attached hydrogen (secondary N) is 1. The summed E-state index contributed by atoms with van der Waals surface area (Å²) in [5.41, 5.74) is 2.31. The van der Waals surface area contributed by atoms with Gasteiger partial charge in [-0.15, -0.1) is 13.2 Å². The lowest BCUT2D eigenvalue weighted by atomic mass is 10.1. The Morgan fingerprint density at radius 1 is 0.889 bits per heavy atom. The fraction of sp³-hybridized carbons (Fsp3) is 0.240. The summed E-state index contributed by atoms with van der Waals surface area (Å²) in [5.74, 6) is -0.651. The molecule has 188 valence electrons. The highest BCUT2D eigenvalue weighted by Gasteiger charge is 2.32. The van der Waals surface area contributed by atoms with Crippen LogP contribution >= 0.6 is 0 Å². The smallest absolute Gasteiger partial charge is 0.404 e. The van der Waals surface area contributed by atoms with Crippen LogP contribution in [-0.4, -0.2) is 66.3 Å². The maximum atomic E-state index is 13.0. The molecule has 0 aliphatic carbocycles. The predicted molar refractivity (Wildman–Crippen MR) is 128 cm³/mol. The summed E-state index contributed by atoms with van der Waals surface area (Å²) in [5, 5.41) is 2.46. The Balaban J connectivity index is 1.33. The molecule has 1 aromatic heterocycles. The van der Waals surface area contributed by atoms with Crippen molar-refractivity contribution >= 4 is 29.0 Å². The Morgan fingerprint density at radius 3 is 2.11 bits per heavy atom. The van der Waals surface area contributed by atoms with E-state index in [9.17, 15) is 22.8 Å². The summed E-state index contributed by atoms with van der Waals surface area (Å²) in [6.07, 6.45) is -1.46. The number of nitrogens with zero attached hydrogens (tertiary/aromatic N) is 4. The van der Waals surface area contributed by atoms with Gasteiger partial charge in [-0.05, 0) is 48.5 Å². The van der Waals surface area contributed by atoms with Crippen molar-refractivity contribution in [3.63, 3.8) is 0 Å². The highest BCUT2D eigenvalue weighted by Crippen LogP contribution is 2.30. The monoisotopic (exact) mass is 499 g/mol. The SMILES string of the molecule is CN(c1ccncc1)c1ccc(C(=O)N2CCN(C(=O)Nc3ccccc3OC(F)(F)F)CC2)cc1. The second-order valence-electron chi connectivity index (χ2n) is 8.06. The molecule has 1 saturated heterocycles. The molecule has 3 amide bonds. The van der Waals surface area contributed by atoms with Gasteiger partial charge in [-0.3, -0.25) is 9.78 Å². The summed E-state index contributed by atoms with van der Waals surface area (Å²) in [6, 6.07) is 15.8. The van der Waals surface area contributed by atoms with E-state index in [0.29, 0.717) is 18.7 Å². The molecule has 0 bridgehead atoms. The van der Waals surface area contributed by atoms with Gasteiger partial charge in [0.15, 0.2) is 5.75 Å². The van der Waals surface area contributed by atoms with Crippen molar-refractivity contribution in [2.24, 2.45) is 0 Å². The zero-order valence-corrected chi connectivity index (χ0v) is 19.4. The van der Waals surface area contributed by atoms with Crippen molar-refractivity contribution < 1.29 is 27.5 Å². The number of ether oxygens (including phenoxy) is 1. The fourth-order valence-electron chi connectivity index (χ4n) is 3.82. The molecule has 0 unspecified atom stereocenters. The van der Waals surface area contributed by atoms with Gasteiger partial charge in [0.25, 0.3) is 5.91 Å². The van der Waals surface area contributed by atoms with E-state index in [1.165, 1.54) is 23.1 Å². The zero-order chi connectivity index (χ0) is 25.7. The molecule has 0 saturated carbocycles. The molecule has 1 aliphatic rings. The normalized spacial score (nSPS) is 13.8. The quantitative estimate of drug-likeness (QED) is 0.549. The third-order valence-electron chi connectivity index (χ3n) is 5.76. The van der Waals surface area contributed by atoms with Gasteiger partial charge in [-0.1, -0.05) is 12.1 Å². The van der Waals surface area contributed by atoms with E-state index < -0.39 is 18.1 Å². The number of hydrogen-bond donors (Lipinski definition) is 1. The molecule has 2 heterocycles. The first-order valence-corrected chi connectivity index (χ1v) is 11.1. The van der Waals surface area contributed by atoms with Crippen LogP contribution in [-0.2, 0) is 0 Å². The van der Waals surface area contributed by atoms with Crippen molar-refractivity contribution in [2.75, 3.05) is 43.4 Å². The van der Waals surface area contributed by atoms with Gasteiger partial charge in [0.2, 0.25) is 0 Å². The fourth-order valence-corrected chi connectivity index (χ4v) is 3.82. The number of benzene rings is 2. The number of hydrogen-bond acceptors (Lipinski definition) is 5. The summed E-state index contributed by atoms with van der Waals surface area (Å²) >= 11 is 0. The summed E-state index contributed by atoms with van der Waals surface area (Å²) in [6.45, 7) is 1.07. The minimum absolute atomic E-state index is 0.0878. The Bertz CT molecular complexity index is 1200. The molecule has 1 fully saturated rings. The number of aromatic nitrogens is 1. The Labute approximate surface area is 205 Å². The van der Waals surface area contributed by atoms with E-state index in [-0.39, 0.29) is 24.7 Å². The van der Waals surface area contributed by atoms with Crippen molar-refractivity contribution in [3.8, 4) is 5.75 Å². The average molecular weight is 499 g/mol. The van der Waals surface area contributed by atoms with Gasteiger partial charge in [0.05, 0.1) is 5.69 Å². The summed E-state index contributed by atoms with van der Waals surface area (Å²) < 4.78 is 41.8. The number of alkyl halides is 3. The standard InChI is InChI=1S/C25H24F3N5O3/c1-31(20-10-12-29-13-11-20)19-8-6-18(7-9-19)23(34)32-14-16-33(17-15-32)24(35)30-21-4-2-3-5-22(21)36-25(26,27)28/h2-13H,14-17H2,1H3,(H,30,35). The van der Waals surface area contributed by atoms with Crippen LogP contribution in [0.3, 0.4) is 0 Å². The molecule has 0 radical (unpaired) electrons. The van der Waals surface area contributed by atoms with Crippen LogP contribution in [0.15, 0.2) is 73.1 Å². The third kappa shape index (κ3) is 6.04. The molecule has 8 nitrogen and oxygen atoms in total. The largest absolute Gasteiger partial charge is 0.573 e. The molecule has 2 aromatic carbocycles. The van der Waals surface area contributed by atoms with Crippen LogP contribution in [0, 0.1) is 0 Å². The van der Waals surface area contributed by atoms with Crippen LogP contribution in [0.25, 0.3) is 0 Å². The van der Waals surface area contributed by atoms with Gasteiger partial charge in [0.1, 0.15) is 0 Å². The molecule has 11 heteroatoms. The van der Waals surface area contributed by atoms with Gasteiger partial charge in [-0.25, -0.2) is 4.79 Å². The Hall–Kier alpha value is -4.28. The van der Waals surface area contributed by atoms with E-state index >= 15 is 0 Å². The van der Waals surface area contributed by atoms with Gasteiger partial charge < -0.3 is 24.8 Å². The maximum Gasteiger partial charge on any atom is 0.573 e. The number of anilines is 3. The molecular weight excluding hydrogens is 475 g/mol. The van der Waals surface area contributed by atoms with Crippen molar-refractivity contribution in [1.82, 2.24) is 14.8 Å². The van der Waals surface area contributed by atoms with Crippen LogP contribution in [0.1, 0.15) is 10.4 Å². The summed E-state index contributed by atoms with van der Waals surface area (Å²) in [4.78, 5) is 34.7. The first-order valence-electron chi connectivity index (χ1n) is 11.1. The molecule has 0 spiro atoms. The second kappa shape index (κ2) is 10.5. The zero-order valence-electron chi connectivity index (χ0n) is 19.4. The number of piperazine rings is 1. The number of carbonyl (C=O) groups excluding carboxylic acids is 2. The Morgan fingerprint density at radius 2 is 1.47 bits per heavy atom. The van der Waals surface area contributed by atoms with E-state index in [1.54, 1.807) is 29.4 Å². The highest BCUT2D eigenvalue weighted by molar-refractivity contribution is 5.95. The van der Waals surface area contributed by atoms with Gasteiger partial charge >= 0.3 is 12.4 Å². The highest BCUT2D eigenvalue weighted by atomic mass is 19.4. The first kappa shape index (κ1) is 24.8. The predicted octanol–water partition coefficient (Wildman–Crippen LogP) is 4.74. The van der Waals surface area contributed by atoms with Crippen LogP contribution in [0.4, 0.5) is 35.0 Å². The van der Waals surface area contributed by atoms with Crippen LogP contribution in [0.2, 0.25) is 0 Å². The number of pyridine rings is 1. The molecule has 0 atom stereocenters. The lowest BCUT2D eigenvalue weighted by Crippen LogP contribution is -2.51. The second-order valence-corrected chi connectivity index (χ2v) is 8.06. The van der Waals surface area contributed by atoms with E-state index in [1.807, 2.05) is 36.2 Å². The number of amides is 3. The maximum absolute atomic E-state index is 13.0.